The van der Waals surface area contributed by atoms with Crippen LogP contribution in [-0.2, 0) is 20.3 Å². The summed E-state index contributed by atoms with van der Waals surface area (Å²) in [6, 6.07) is 6.43. The SMILES string of the molecule is Cc1ccc(B2OC(C)(C)C(C)(C)O2)cc1CO[Si](C)(C)C(C)(C)C. The summed E-state index contributed by atoms with van der Waals surface area (Å²) in [6.45, 7) is 22.5. The van der Waals surface area contributed by atoms with E-state index in [1.807, 2.05) is 0 Å². The van der Waals surface area contributed by atoms with Gasteiger partial charge in [-0.15, -0.1) is 0 Å². The minimum atomic E-state index is -1.77. The van der Waals surface area contributed by atoms with Crippen molar-refractivity contribution in [1.82, 2.24) is 0 Å². The van der Waals surface area contributed by atoms with Crippen molar-refractivity contribution in [1.29, 1.82) is 0 Å². The normalized spacial score (nSPS) is 20.2. The van der Waals surface area contributed by atoms with Gasteiger partial charge in [0.05, 0.1) is 17.8 Å². The first kappa shape index (κ1) is 20.7. The molecular weight excluding hydrogens is 327 g/mol. The lowest BCUT2D eigenvalue weighted by Gasteiger charge is -2.36. The van der Waals surface area contributed by atoms with E-state index in [1.165, 1.54) is 11.1 Å². The van der Waals surface area contributed by atoms with Crippen LogP contribution in [0.2, 0.25) is 18.1 Å². The first-order chi connectivity index (χ1) is 11.2. The molecule has 2 rings (SSSR count). The van der Waals surface area contributed by atoms with Crippen molar-refractivity contribution in [2.75, 3.05) is 0 Å². The minimum Gasteiger partial charge on any atom is -0.413 e. The average Bonchev–Trinajstić information content (AvgIpc) is 2.65. The predicted molar refractivity (Wildman–Crippen MR) is 109 cm³/mol. The molecule has 5 heteroatoms. The summed E-state index contributed by atoms with van der Waals surface area (Å²) in [5.41, 5.74) is 2.90. The Hall–Kier alpha value is -0.618. The van der Waals surface area contributed by atoms with Gasteiger partial charge in [-0.2, -0.15) is 0 Å². The van der Waals surface area contributed by atoms with Gasteiger partial charge in [0.2, 0.25) is 0 Å². The first-order valence-corrected chi connectivity index (χ1v) is 12.2. The van der Waals surface area contributed by atoms with Crippen LogP contribution in [0.15, 0.2) is 18.2 Å². The average molecular weight is 362 g/mol. The third-order valence-corrected chi connectivity index (χ3v) is 10.8. The highest BCUT2D eigenvalue weighted by atomic mass is 28.4. The molecule has 25 heavy (non-hydrogen) atoms. The van der Waals surface area contributed by atoms with Crippen LogP contribution in [0, 0.1) is 6.92 Å². The van der Waals surface area contributed by atoms with Gasteiger partial charge >= 0.3 is 7.12 Å². The van der Waals surface area contributed by atoms with Crippen molar-refractivity contribution in [2.24, 2.45) is 0 Å². The fourth-order valence-corrected chi connectivity index (χ4v) is 3.40. The van der Waals surface area contributed by atoms with E-state index in [2.05, 4.69) is 86.7 Å². The molecule has 1 saturated heterocycles. The van der Waals surface area contributed by atoms with Crippen molar-refractivity contribution in [3.8, 4) is 0 Å². The number of rotatable bonds is 4. The Labute approximate surface area is 155 Å². The summed E-state index contributed by atoms with van der Waals surface area (Å²) in [4.78, 5) is 0. The summed E-state index contributed by atoms with van der Waals surface area (Å²) >= 11 is 0. The topological polar surface area (TPSA) is 27.7 Å². The Balaban J connectivity index is 2.19. The molecule has 1 aliphatic heterocycles. The van der Waals surface area contributed by atoms with Gasteiger partial charge in [0.15, 0.2) is 8.32 Å². The van der Waals surface area contributed by atoms with Gasteiger partial charge < -0.3 is 13.7 Å². The van der Waals surface area contributed by atoms with E-state index in [9.17, 15) is 0 Å². The van der Waals surface area contributed by atoms with Crippen LogP contribution in [0.3, 0.4) is 0 Å². The number of hydrogen-bond acceptors (Lipinski definition) is 3. The van der Waals surface area contributed by atoms with Crippen LogP contribution in [0.4, 0.5) is 0 Å². The van der Waals surface area contributed by atoms with Gasteiger partial charge in [-0.1, -0.05) is 39.0 Å². The Bertz CT molecular complexity index is 616. The smallest absolute Gasteiger partial charge is 0.413 e. The summed E-state index contributed by atoms with van der Waals surface area (Å²) in [5, 5.41) is 0.213. The third kappa shape index (κ3) is 4.21. The monoisotopic (exact) mass is 362 g/mol. The second kappa shape index (κ2) is 6.52. The van der Waals surface area contributed by atoms with E-state index in [0.29, 0.717) is 6.61 Å². The van der Waals surface area contributed by atoms with Crippen molar-refractivity contribution in [2.45, 2.75) is 91.3 Å². The van der Waals surface area contributed by atoms with Crippen LogP contribution in [-0.4, -0.2) is 26.6 Å². The summed E-state index contributed by atoms with van der Waals surface area (Å²) in [5.74, 6) is 0. The molecule has 140 valence electrons. The van der Waals surface area contributed by atoms with E-state index >= 15 is 0 Å². The number of aryl methyl sites for hydroxylation is 1. The molecule has 1 aromatic rings. The fourth-order valence-electron chi connectivity index (χ4n) is 2.45. The molecule has 0 spiro atoms. The molecule has 0 aliphatic carbocycles. The molecule has 0 N–H and O–H groups in total. The van der Waals surface area contributed by atoms with E-state index < -0.39 is 8.32 Å². The van der Waals surface area contributed by atoms with Crippen LogP contribution in [0.25, 0.3) is 0 Å². The standard InChI is InChI=1S/C20H35BO3Si/c1-15-11-12-17(21-23-19(5,6)20(7,8)24-21)13-16(15)14-22-25(9,10)18(2,3)4/h11-13H,14H2,1-10H3. The van der Waals surface area contributed by atoms with Crippen LogP contribution >= 0.6 is 0 Å². The molecule has 1 fully saturated rings. The van der Waals surface area contributed by atoms with Crippen molar-refractivity contribution in [3.05, 3.63) is 29.3 Å². The number of hydrogen-bond donors (Lipinski definition) is 0. The molecule has 3 nitrogen and oxygen atoms in total. The second-order valence-electron chi connectivity index (χ2n) is 9.82. The first-order valence-electron chi connectivity index (χ1n) is 9.25. The van der Waals surface area contributed by atoms with Gasteiger partial charge in [0, 0.05) is 0 Å². The van der Waals surface area contributed by atoms with Crippen molar-refractivity contribution in [3.63, 3.8) is 0 Å². The Morgan fingerprint density at radius 2 is 1.56 bits per heavy atom. The molecule has 0 unspecified atom stereocenters. The fraction of sp³-hybridized carbons (Fsp3) is 0.700. The molecule has 0 radical (unpaired) electrons. The van der Waals surface area contributed by atoms with Gasteiger partial charge in [-0.25, -0.2) is 0 Å². The van der Waals surface area contributed by atoms with Crippen molar-refractivity contribution >= 4 is 20.9 Å². The lowest BCUT2D eigenvalue weighted by Crippen LogP contribution is -2.41. The molecular formula is C20H35BO3Si. The van der Waals surface area contributed by atoms with E-state index in [-0.39, 0.29) is 23.4 Å². The van der Waals surface area contributed by atoms with E-state index in [0.717, 1.165) is 5.46 Å². The zero-order valence-electron chi connectivity index (χ0n) is 17.7. The zero-order chi connectivity index (χ0) is 19.3. The van der Waals surface area contributed by atoms with Gasteiger partial charge in [-0.05, 0) is 69.3 Å². The predicted octanol–water partition coefficient (Wildman–Crippen LogP) is 4.82. The van der Waals surface area contributed by atoms with E-state index in [1.54, 1.807) is 0 Å². The maximum absolute atomic E-state index is 6.42. The maximum atomic E-state index is 6.42. The number of benzene rings is 1. The molecule has 0 atom stereocenters. The lowest BCUT2D eigenvalue weighted by atomic mass is 9.78. The highest BCUT2D eigenvalue weighted by molar-refractivity contribution is 6.74. The highest BCUT2D eigenvalue weighted by Crippen LogP contribution is 2.38. The quantitative estimate of drug-likeness (QED) is 0.719. The van der Waals surface area contributed by atoms with Gasteiger partial charge in [0.25, 0.3) is 0 Å². The molecule has 0 bridgehead atoms. The summed E-state index contributed by atoms with van der Waals surface area (Å²) < 4.78 is 18.8. The maximum Gasteiger partial charge on any atom is 0.494 e. The molecule has 1 aliphatic rings. The summed E-state index contributed by atoms with van der Waals surface area (Å²) in [6.07, 6.45) is 0. The molecule has 1 aromatic carbocycles. The zero-order valence-corrected chi connectivity index (χ0v) is 18.7. The van der Waals surface area contributed by atoms with Gasteiger partial charge in [0.1, 0.15) is 0 Å². The van der Waals surface area contributed by atoms with Crippen LogP contribution in [0.5, 0.6) is 0 Å². The second-order valence-corrected chi connectivity index (χ2v) is 14.6. The summed E-state index contributed by atoms with van der Waals surface area (Å²) in [7, 11) is -2.09. The Kier molecular flexibility index (Phi) is 5.40. The highest BCUT2D eigenvalue weighted by Gasteiger charge is 2.51. The Morgan fingerprint density at radius 3 is 2.04 bits per heavy atom. The van der Waals surface area contributed by atoms with E-state index in [4.69, 9.17) is 13.7 Å². The minimum absolute atomic E-state index is 0.213. The van der Waals surface area contributed by atoms with Crippen LogP contribution in [0.1, 0.15) is 59.6 Å². The van der Waals surface area contributed by atoms with Crippen molar-refractivity contribution < 1.29 is 13.7 Å². The molecule has 0 saturated carbocycles. The molecule has 1 heterocycles. The third-order valence-electron chi connectivity index (χ3n) is 6.29. The van der Waals surface area contributed by atoms with Crippen LogP contribution < -0.4 is 5.46 Å². The largest absolute Gasteiger partial charge is 0.494 e. The Morgan fingerprint density at radius 1 is 1.04 bits per heavy atom. The molecule has 0 aromatic heterocycles. The molecule has 0 amide bonds. The van der Waals surface area contributed by atoms with Gasteiger partial charge in [-0.3, -0.25) is 0 Å². The lowest BCUT2D eigenvalue weighted by molar-refractivity contribution is 0.00578.